The van der Waals surface area contributed by atoms with Crippen LogP contribution >= 0.6 is 0 Å². The van der Waals surface area contributed by atoms with Gasteiger partial charge in [0, 0.05) is 55.2 Å². The van der Waals surface area contributed by atoms with E-state index in [1.807, 2.05) is 37.3 Å². The second-order valence-corrected chi connectivity index (χ2v) is 7.66. The second-order valence-electron chi connectivity index (χ2n) is 7.66. The molecular weight excluding hydrogens is 368 g/mol. The van der Waals surface area contributed by atoms with Crippen LogP contribution in [-0.2, 0) is 17.8 Å². The second kappa shape index (κ2) is 8.31. The molecule has 29 heavy (non-hydrogen) atoms. The van der Waals surface area contributed by atoms with Gasteiger partial charge >= 0.3 is 0 Å². The van der Waals surface area contributed by atoms with Crippen molar-refractivity contribution in [1.82, 2.24) is 20.2 Å². The minimum Gasteiger partial charge on any atom is -0.396 e. The zero-order chi connectivity index (χ0) is 20.4. The minimum absolute atomic E-state index is 0.0181. The molecule has 0 spiro atoms. The number of allylic oxidation sites excluding steroid dienone is 1. The van der Waals surface area contributed by atoms with Gasteiger partial charge < -0.3 is 15.0 Å². The van der Waals surface area contributed by atoms with E-state index >= 15 is 0 Å². The number of aliphatic hydroxyl groups excluding tert-OH is 1. The molecule has 2 aromatic heterocycles. The molecule has 0 aliphatic carbocycles. The number of aromatic nitrogens is 2. The molecule has 0 radical (unpaired) electrons. The van der Waals surface area contributed by atoms with Gasteiger partial charge in [-0.3, -0.25) is 19.9 Å². The van der Waals surface area contributed by atoms with Crippen molar-refractivity contribution in [2.24, 2.45) is 11.8 Å². The quantitative estimate of drug-likeness (QED) is 0.676. The Kier molecular flexibility index (Phi) is 5.60. The first-order valence-electron chi connectivity index (χ1n) is 10.0. The van der Waals surface area contributed by atoms with Crippen molar-refractivity contribution in [2.75, 3.05) is 13.2 Å². The Morgan fingerprint density at radius 3 is 2.86 bits per heavy atom. The maximum atomic E-state index is 12.8. The Morgan fingerprint density at radius 2 is 2.14 bits per heavy atom. The number of carbonyl (C=O) groups excluding carboxylic acids is 1. The summed E-state index contributed by atoms with van der Waals surface area (Å²) in [5.74, 6) is -0.318. The summed E-state index contributed by atoms with van der Waals surface area (Å²) in [6.45, 7) is 2.83. The van der Waals surface area contributed by atoms with Gasteiger partial charge in [0.15, 0.2) is 0 Å². The summed E-state index contributed by atoms with van der Waals surface area (Å²) in [7, 11) is 0. The molecule has 4 heterocycles. The number of hydrogen-bond donors (Lipinski definition) is 3. The summed E-state index contributed by atoms with van der Waals surface area (Å²) < 4.78 is 1.78. The van der Waals surface area contributed by atoms with Crippen molar-refractivity contribution in [3.63, 3.8) is 0 Å². The first-order chi connectivity index (χ1) is 14.1. The van der Waals surface area contributed by atoms with Gasteiger partial charge in [0.05, 0.1) is 12.1 Å². The van der Waals surface area contributed by atoms with Crippen LogP contribution in [0.3, 0.4) is 0 Å². The lowest BCUT2D eigenvalue weighted by Crippen LogP contribution is -2.46. The summed E-state index contributed by atoms with van der Waals surface area (Å²) in [6.07, 6.45) is 7.85. The van der Waals surface area contributed by atoms with Gasteiger partial charge in [0.1, 0.15) is 0 Å². The lowest BCUT2D eigenvalue weighted by molar-refractivity contribution is -0.124. The third-order valence-corrected chi connectivity index (χ3v) is 6.02. The fourth-order valence-corrected chi connectivity index (χ4v) is 4.57. The van der Waals surface area contributed by atoms with E-state index in [-0.39, 0.29) is 36.0 Å². The van der Waals surface area contributed by atoms with E-state index in [1.165, 1.54) is 0 Å². The average molecular weight is 394 g/mol. The molecule has 0 unspecified atom stereocenters. The summed E-state index contributed by atoms with van der Waals surface area (Å²) in [5, 5.41) is 16.4. The van der Waals surface area contributed by atoms with E-state index < -0.39 is 6.04 Å². The highest BCUT2D eigenvalue weighted by atomic mass is 16.3. The van der Waals surface area contributed by atoms with Crippen molar-refractivity contribution in [1.29, 1.82) is 0 Å². The molecule has 2 aromatic rings. The zero-order valence-corrected chi connectivity index (χ0v) is 16.4. The number of fused-ring (bicyclic) bond motifs is 3. The van der Waals surface area contributed by atoms with E-state index in [2.05, 4.69) is 15.6 Å². The normalized spacial score (nSPS) is 25.2. The Labute approximate surface area is 169 Å². The number of carbonyl (C=O) groups is 1. The van der Waals surface area contributed by atoms with Crippen molar-refractivity contribution >= 4 is 12.0 Å². The van der Waals surface area contributed by atoms with E-state index in [0.717, 1.165) is 17.7 Å². The third-order valence-electron chi connectivity index (χ3n) is 6.02. The topological polar surface area (TPSA) is 96.2 Å². The van der Waals surface area contributed by atoms with E-state index in [0.29, 0.717) is 18.7 Å². The number of rotatable bonds is 6. The van der Waals surface area contributed by atoms with E-state index in [9.17, 15) is 14.7 Å². The van der Waals surface area contributed by atoms with Crippen LogP contribution in [0.15, 0.2) is 47.5 Å². The molecule has 2 aliphatic heterocycles. The van der Waals surface area contributed by atoms with Crippen molar-refractivity contribution in [3.8, 4) is 0 Å². The molecule has 152 valence electrons. The molecule has 0 bridgehead atoms. The number of pyridine rings is 2. The minimum atomic E-state index is -0.466. The van der Waals surface area contributed by atoms with Crippen molar-refractivity contribution in [2.45, 2.75) is 32.0 Å². The Hall–Kier alpha value is -2.77. The summed E-state index contributed by atoms with van der Waals surface area (Å²) in [4.78, 5) is 29.5. The molecule has 7 heteroatoms. The molecule has 4 atom stereocenters. The highest BCUT2D eigenvalue weighted by Gasteiger charge is 2.50. The summed E-state index contributed by atoms with van der Waals surface area (Å²) in [6, 6.07) is 7.07. The molecule has 1 fully saturated rings. The van der Waals surface area contributed by atoms with Gasteiger partial charge in [-0.2, -0.15) is 0 Å². The third kappa shape index (κ3) is 3.63. The SMILES string of the molecule is C/C=C\c1ccc2n(c1=O)C[C@H]1[C@H](CO)[C@@H](C(=O)NCCc3ccncc3)N[C@@H]21. The van der Waals surface area contributed by atoms with Gasteiger partial charge in [-0.1, -0.05) is 12.2 Å². The van der Waals surface area contributed by atoms with Gasteiger partial charge in [-0.05, 0) is 43.2 Å². The molecule has 1 saturated heterocycles. The van der Waals surface area contributed by atoms with Crippen molar-refractivity contribution in [3.05, 3.63) is 69.9 Å². The molecule has 3 N–H and O–H groups in total. The average Bonchev–Trinajstić information content (AvgIpc) is 3.27. The first kappa shape index (κ1) is 19.5. The fraction of sp³-hybridized carbons (Fsp3) is 0.409. The highest BCUT2D eigenvalue weighted by Crippen LogP contribution is 2.42. The predicted molar refractivity (Wildman–Crippen MR) is 110 cm³/mol. The summed E-state index contributed by atoms with van der Waals surface area (Å²) >= 11 is 0. The van der Waals surface area contributed by atoms with Crippen LogP contribution in [-0.4, -0.2) is 39.8 Å². The summed E-state index contributed by atoms with van der Waals surface area (Å²) in [5.41, 5.74) is 2.63. The van der Waals surface area contributed by atoms with Crippen LogP contribution in [0.1, 0.15) is 29.8 Å². The van der Waals surface area contributed by atoms with Gasteiger partial charge in [0.2, 0.25) is 5.91 Å². The Morgan fingerprint density at radius 1 is 1.34 bits per heavy atom. The molecule has 1 amide bonds. The molecule has 4 rings (SSSR count). The molecular formula is C22H26N4O3. The number of amides is 1. The largest absolute Gasteiger partial charge is 0.396 e. The van der Waals surface area contributed by atoms with E-state index in [1.54, 1.807) is 23.0 Å². The number of nitrogens with one attached hydrogen (secondary N) is 2. The standard InChI is InChI=1S/C22H26N4O3/c1-2-3-15-4-5-18-19-16(12-26(18)22(15)29)17(13-27)20(25-19)21(28)24-11-8-14-6-9-23-10-7-14/h2-7,9-10,16-17,19-20,25,27H,8,11-13H2,1H3,(H,24,28)/b3-2-/t16-,17-,19+,20-/m0/s1. The van der Waals surface area contributed by atoms with Gasteiger partial charge in [-0.15, -0.1) is 0 Å². The van der Waals surface area contributed by atoms with Crippen molar-refractivity contribution < 1.29 is 9.90 Å². The number of aliphatic hydroxyl groups is 1. The van der Waals surface area contributed by atoms with Gasteiger partial charge in [0.25, 0.3) is 5.56 Å². The lowest BCUT2D eigenvalue weighted by Gasteiger charge is -2.21. The van der Waals surface area contributed by atoms with Crippen LogP contribution in [0.25, 0.3) is 6.08 Å². The van der Waals surface area contributed by atoms with Crippen LogP contribution in [0, 0.1) is 11.8 Å². The smallest absolute Gasteiger partial charge is 0.258 e. The van der Waals surface area contributed by atoms with E-state index in [4.69, 9.17) is 0 Å². The first-order valence-corrected chi connectivity index (χ1v) is 10.0. The van der Waals surface area contributed by atoms with Crippen LogP contribution in [0.5, 0.6) is 0 Å². The monoisotopic (exact) mass is 394 g/mol. The Balaban J connectivity index is 1.46. The molecule has 0 saturated carbocycles. The highest BCUT2D eigenvalue weighted by molar-refractivity contribution is 5.82. The molecule has 7 nitrogen and oxygen atoms in total. The lowest BCUT2D eigenvalue weighted by atomic mass is 9.88. The maximum Gasteiger partial charge on any atom is 0.258 e. The van der Waals surface area contributed by atoms with Crippen LogP contribution < -0.4 is 16.2 Å². The molecule has 2 aliphatic rings. The van der Waals surface area contributed by atoms with Crippen LogP contribution in [0.2, 0.25) is 0 Å². The van der Waals surface area contributed by atoms with Crippen LogP contribution in [0.4, 0.5) is 0 Å². The Bertz CT molecular complexity index is 970. The predicted octanol–water partition coefficient (Wildman–Crippen LogP) is 0.886. The number of hydrogen-bond acceptors (Lipinski definition) is 5. The maximum absolute atomic E-state index is 12.8. The number of nitrogens with zero attached hydrogens (tertiary/aromatic N) is 2. The molecule has 0 aromatic carbocycles. The zero-order valence-electron chi connectivity index (χ0n) is 16.4. The fourth-order valence-electron chi connectivity index (χ4n) is 4.57. The van der Waals surface area contributed by atoms with Gasteiger partial charge in [-0.25, -0.2) is 0 Å².